The van der Waals surface area contributed by atoms with Crippen LogP contribution in [0.25, 0.3) is 0 Å². The molecule has 2 rings (SSSR count). The Kier molecular flexibility index (Phi) is 4.38. The lowest BCUT2D eigenvalue weighted by Gasteiger charge is -2.13. The molecule has 5 heteroatoms. The first kappa shape index (κ1) is 13.5. The van der Waals surface area contributed by atoms with Crippen LogP contribution in [-0.4, -0.2) is 12.7 Å². The number of rotatable bonds is 1. The lowest BCUT2D eigenvalue weighted by Crippen LogP contribution is -2.24. The second-order valence-electron chi connectivity index (χ2n) is 3.85. The van der Waals surface area contributed by atoms with Crippen molar-refractivity contribution in [1.82, 2.24) is 5.32 Å². The largest absolute Gasteiger partial charge is 0.393 e. The van der Waals surface area contributed by atoms with E-state index in [9.17, 15) is 13.2 Å². The summed E-state index contributed by atoms with van der Waals surface area (Å²) >= 11 is 0. The molecular weight excluding hydrogens is 283 g/mol. The van der Waals surface area contributed by atoms with Crippen molar-refractivity contribution in [2.45, 2.75) is 18.6 Å². The smallest absolute Gasteiger partial charge is 0.309 e. The molecule has 1 nitrogen and oxygen atoms in total. The van der Waals surface area contributed by atoms with Gasteiger partial charge in [-0.3, -0.25) is 0 Å². The van der Waals surface area contributed by atoms with Gasteiger partial charge in [0.05, 0.1) is 5.92 Å². The normalized spacial score (nSPS) is 25.2. The molecule has 0 saturated carbocycles. The second kappa shape index (κ2) is 5.19. The Bertz CT molecular complexity index is 326. The van der Waals surface area contributed by atoms with E-state index < -0.39 is 12.1 Å². The summed E-state index contributed by atoms with van der Waals surface area (Å²) in [7, 11) is 0. The van der Waals surface area contributed by atoms with Crippen LogP contribution in [-0.2, 0) is 0 Å². The fourth-order valence-corrected chi connectivity index (χ4v) is 1.92. The Morgan fingerprint density at radius 2 is 1.75 bits per heavy atom. The predicted octanol–water partition coefficient (Wildman–Crippen LogP) is 3.48. The van der Waals surface area contributed by atoms with Gasteiger partial charge in [0.1, 0.15) is 0 Å². The topological polar surface area (TPSA) is 12.0 Å². The maximum absolute atomic E-state index is 12.4. The third kappa shape index (κ3) is 2.98. The minimum Gasteiger partial charge on any atom is -0.309 e. The van der Waals surface area contributed by atoms with Gasteiger partial charge in [-0.15, -0.1) is 17.0 Å². The zero-order chi connectivity index (χ0) is 10.9. The Labute approximate surface area is 103 Å². The highest BCUT2D eigenvalue weighted by molar-refractivity contribution is 8.93. The number of halogens is 4. The van der Waals surface area contributed by atoms with Gasteiger partial charge in [0, 0.05) is 12.6 Å². The van der Waals surface area contributed by atoms with E-state index >= 15 is 0 Å². The molecule has 1 N–H and O–H groups in total. The molecule has 0 aromatic heterocycles. The van der Waals surface area contributed by atoms with Crippen LogP contribution in [0.2, 0.25) is 0 Å². The van der Waals surface area contributed by atoms with Crippen LogP contribution in [0.3, 0.4) is 0 Å². The average molecular weight is 296 g/mol. The molecule has 16 heavy (non-hydrogen) atoms. The maximum Gasteiger partial charge on any atom is 0.393 e. The molecule has 0 spiro atoms. The Morgan fingerprint density at radius 3 is 2.25 bits per heavy atom. The first-order chi connectivity index (χ1) is 7.07. The first-order valence-electron chi connectivity index (χ1n) is 4.92. The van der Waals surface area contributed by atoms with Gasteiger partial charge in [-0.25, -0.2) is 0 Å². The summed E-state index contributed by atoms with van der Waals surface area (Å²) in [5, 5.41) is 2.91. The summed E-state index contributed by atoms with van der Waals surface area (Å²) in [6, 6.07) is 9.11. The Balaban J connectivity index is 0.00000128. The molecule has 1 aromatic rings. The number of benzene rings is 1. The van der Waals surface area contributed by atoms with Crippen LogP contribution in [0, 0.1) is 5.92 Å². The monoisotopic (exact) mass is 295 g/mol. The fourth-order valence-electron chi connectivity index (χ4n) is 1.92. The van der Waals surface area contributed by atoms with Crippen molar-refractivity contribution in [3.05, 3.63) is 35.9 Å². The fraction of sp³-hybridized carbons (Fsp3) is 0.455. The highest BCUT2D eigenvalue weighted by Gasteiger charge is 2.44. The molecule has 1 aromatic carbocycles. The van der Waals surface area contributed by atoms with Crippen molar-refractivity contribution < 1.29 is 13.2 Å². The van der Waals surface area contributed by atoms with Gasteiger partial charge in [-0.05, 0) is 12.0 Å². The van der Waals surface area contributed by atoms with Gasteiger partial charge in [-0.2, -0.15) is 13.2 Å². The van der Waals surface area contributed by atoms with Gasteiger partial charge in [-0.1, -0.05) is 30.3 Å². The molecule has 0 bridgehead atoms. The molecule has 1 fully saturated rings. The van der Waals surface area contributed by atoms with Crippen molar-refractivity contribution >= 4 is 17.0 Å². The number of hydrogen-bond donors (Lipinski definition) is 1. The van der Waals surface area contributed by atoms with Crippen LogP contribution in [0.15, 0.2) is 30.3 Å². The van der Waals surface area contributed by atoms with E-state index in [2.05, 4.69) is 5.32 Å². The van der Waals surface area contributed by atoms with Gasteiger partial charge in [0.15, 0.2) is 0 Å². The van der Waals surface area contributed by atoms with E-state index in [0.717, 1.165) is 5.56 Å². The Morgan fingerprint density at radius 1 is 1.12 bits per heavy atom. The number of alkyl halides is 3. The van der Waals surface area contributed by atoms with E-state index in [1.807, 2.05) is 30.3 Å². The zero-order valence-electron chi connectivity index (χ0n) is 8.50. The lowest BCUT2D eigenvalue weighted by atomic mass is 10.00. The minimum absolute atomic E-state index is 0. The quantitative estimate of drug-likeness (QED) is 0.836. The molecule has 1 aliphatic rings. The van der Waals surface area contributed by atoms with Crippen LogP contribution in [0.1, 0.15) is 18.0 Å². The summed E-state index contributed by atoms with van der Waals surface area (Å²) < 4.78 is 37.2. The maximum atomic E-state index is 12.4. The molecule has 90 valence electrons. The predicted molar refractivity (Wildman–Crippen MR) is 61.7 cm³/mol. The van der Waals surface area contributed by atoms with Gasteiger partial charge >= 0.3 is 6.18 Å². The highest BCUT2D eigenvalue weighted by atomic mass is 79.9. The SMILES string of the molecule is Br.FC(F)(F)[C@H]1CN[C@@H](c2ccccc2)C1. The first-order valence-corrected chi connectivity index (χ1v) is 4.92. The van der Waals surface area contributed by atoms with E-state index in [1.54, 1.807) is 0 Å². The van der Waals surface area contributed by atoms with Gasteiger partial charge in [0.2, 0.25) is 0 Å². The standard InChI is InChI=1S/C11H12F3N.BrH/c12-11(13,14)9-6-10(15-7-9)8-4-2-1-3-5-8;/h1-5,9-10,15H,6-7H2;1H/t9-,10-;/m1./s1. The zero-order valence-corrected chi connectivity index (χ0v) is 10.2. The molecule has 0 amide bonds. The van der Waals surface area contributed by atoms with Gasteiger partial charge in [0.25, 0.3) is 0 Å². The van der Waals surface area contributed by atoms with E-state index in [4.69, 9.17) is 0 Å². The average Bonchev–Trinajstić information content (AvgIpc) is 2.67. The van der Waals surface area contributed by atoms with Crippen LogP contribution < -0.4 is 5.32 Å². The molecular formula is C11H13BrF3N. The molecule has 1 heterocycles. The summed E-state index contributed by atoms with van der Waals surface area (Å²) in [6.07, 6.45) is -3.93. The Hall–Kier alpha value is -0.550. The molecule has 2 atom stereocenters. The highest BCUT2D eigenvalue weighted by Crippen LogP contribution is 2.37. The molecule has 0 aliphatic carbocycles. The molecule has 1 saturated heterocycles. The van der Waals surface area contributed by atoms with Crippen molar-refractivity contribution in [1.29, 1.82) is 0 Å². The summed E-state index contributed by atoms with van der Waals surface area (Å²) in [5.74, 6) is -1.21. The summed E-state index contributed by atoms with van der Waals surface area (Å²) in [6.45, 7) is 0.0308. The number of nitrogens with one attached hydrogen (secondary N) is 1. The summed E-state index contributed by atoms with van der Waals surface area (Å²) in [4.78, 5) is 0. The molecule has 0 unspecified atom stereocenters. The van der Waals surface area contributed by atoms with E-state index in [0.29, 0.717) is 0 Å². The van der Waals surface area contributed by atoms with Gasteiger partial charge < -0.3 is 5.32 Å². The van der Waals surface area contributed by atoms with Crippen LogP contribution >= 0.6 is 17.0 Å². The van der Waals surface area contributed by atoms with Crippen molar-refractivity contribution in [3.8, 4) is 0 Å². The lowest BCUT2D eigenvalue weighted by molar-refractivity contribution is -0.169. The van der Waals surface area contributed by atoms with E-state index in [1.165, 1.54) is 0 Å². The summed E-state index contributed by atoms with van der Waals surface area (Å²) in [5.41, 5.74) is 0.934. The second-order valence-corrected chi connectivity index (χ2v) is 3.85. The van der Waals surface area contributed by atoms with Crippen LogP contribution in [0.4, 0.5) is 13.2 Å². The molecule has 0 radical (unpaired) electrons. The van der Waals surface area contributed by atoms with Crippen molar-refractivity contribution in [2.24, 2.45) is 5.92 Å². The van der Waals surface area contributed by atoms with Crippen molar-refractivity contribution in [2.75, 3.05) is 6.54 Å². The third-order valence-corrected chi connectivity index (χ3v) is 2.80. The minimum atomic E-state index is -4.07. The number of hydrogen-bond acceptors (Lipinski definition) is 1. The molecule has 1 aliphatic heterocycles. The van der Waals surface area contributed by atoms with Crippen LogP contribution in [0.5, 0.6) is 0 Å². The third-order valence-electron chi connectivity index (χ3n) is 2.80. The van der Waals surface area contributed by atoms with Crippen molar-refractivity contribution in [3.63, 3.8) is 0 Å². The van der Waals surface area contributed by atoms with E-state index in [-0.39, 0.29) is 36.0 Å².